The Kier molecular flexibility index (Phi) is 4.78. The molecule has 0 aromatic heterocycles. The van der Waals surface area contributed by atoms with Crippen LogP contribution in [0.5, 0.6) is 11.5 Å². The van der Waals surface area contributed by atoms with Gasteiger partial charge in [0, 0.05) is 30.0 Å². The van der Waals surface area contributed by atoms with E-state index in [4.69, 9.17) is 18.9 Å². The van der Waals surface area contributed by atoms with Gasteiger partial charge < -0.3 is 18.9 Å². The number of carbonyl (C=O) groups excluding carboxylic acids is 1. The van der Waals surface area contributed by atoms with E-state index in [1.54, 1.807) is 0 Å². The van der Waals surface area contributed by atoms with Crippen molar-refractivity contribution in [2.75, 3.05) is 78.9 Å². The maximum absolute atomic E-state index is 13.9. The number of ketones is 1. The van der Waals surface area contributed by atoms with Crippen molar-refractivity contribution in [3.05, 3.63) is 35.4 Å². The molecule has 1 aliphatic carbocycles. The zero-order chi connectivity index (χ0) is 22.8. The van der Waals surface area contributed by atoms with Crippen LogP contribution in [0.15, 0.2) is 24.3 Å². The second kappa shape index (κ2) is 7.78. The summed E-state index contributed by atoms with van der Waals surface area (Å²) in [4.78, 5) is 13.9. The number of hydrogen-bond acceptors (Lipinski definition) is 5. The molecule has 2 fully saturated rings. The predicted molar refractivity (Wildman–Crippen MR) is 130 cm³/mol. The molecule has 0 N–H and O–H groups in total. The molecule has 7 rings (SSSR count). The van der Waals surface area contributed by atoms with Gasteiger partial charge in [0.15, 0.2) is 17.2 Å². The second-order valence-corrected chi connectivity index (χ2v) is 10.3. The van der Waals surface area contributed by atoms with E-state index in [2.05, 4.69) is 18.2 Å². The third-order valence-corrected chi connectivity index (χ3v) is 8.63. The molecule has 0 saturated carbocycles. The van der Waals surface area contributed by atoms with E-state index in [9.17, 15) is 4.79 Å². The average Bonchev–Trinajstić information content (AvgIpc) is 3.05. The van der Waals surface area contributed by atoms with Gasteiger partial charge in [0.1, 0.15) is 31.9 Å². The highest BCUT2D eigenvalue weighted by Crippen LogP contribution is 2.55. The maximum Gasteiger partial charge on any atom is 0.223 e. The Morgan fingerprint density at radius 3 is 1.91 bits per heavy atom. The summed E-state index contributed by atoms with van der Waals surface area (Å²) in [5.41, 5.74) is 6.07. The van der Waals surface area contributed by atoms with Crippen LogP contribution in [0.2, 0.25) is 0 Å². The van der Waals surface area contributed by atoms with E-state index in [1.165, 1.54) is 11.4 Å². The summed E-state index contributed by atoms with van der Waals surface area (Å²) in [7, 11) is 0. The van der Waals surface area contributed by atoms with Gasteiger partial charge in [-0.3, -0.25) is 13.8 Å². The number of nitrogens with zero attached hydrogens (tertiary/aromatic N) is 2. The van der Waals surface area contributed by atoms with E-state index in [-0.39, 0.29) is 5.78 Å². The van der Waals surface area contributed by atoms with Crippen molar-refractivity contribution in [2.24, 2.45) is 0 Å². The number of morpholine rings is 2. The van der Waals surface area contributed by atoms with Crippen molar-refractivity contribution >= 4 is 17.2 Å². The molecule has 7 heteroatoms. The molecule has 4 heterocycles. The minimum Gasteiger partial charge on any atom is -0.488 e. The van der Waals surface area contributed by atoms with Crippen LogP contribution in [-0.2, 0) is 9.47 Å². The lowest BCUT2D eigenvalue weighted by Gasteiger charge is -2.42. The van der Waals surface area contributed by atoms with Gasteiger partial charge in [0.2, 0.25) is 5.75 Å². The van der Waals surface area contributed by atoms with Gasteiger partial charge in [-0.1, -0.05) is 6.07 Å². The topological polar surface area (TPSA) is 54.0 Å². The van der Waals surface area contributed by atoms with Gasteiger partial charge in [0.25, 0.3) is 0 Å². The molecule has 2 aromatic rings. The number of ether oxygens (including phenoxy) is 4. The molecule has 0 radical (unpaired) electrons. The summed E-state index contributed by atoms with van der Waals surface area (Å²) in [5, 5.41) is 0. The number of fused-ring (bicyclic) bond motifs is 4. The summed E-state index contributed by atoms with van der Waals surface area (Å²) < 4.78 is 26.1. The minimum absolute atomic E-state index is 0.0688. The van der Waals surface area contributed by atoms with Crippen LogP contribution in [0.3, 0.4) is 0 Å². The molecule has 2 aromatic carbocycles. The molecule has 2 saturated heterocycles. The Morgan fingerprint density at radius 1 is 0.618 bits per heavy atom. The quantitative estimate of drug-likeness (QED) is 0.479. The summed E-state index contributed by atoms with van der Waals surface area (Å²) >= 11 is 0. The fourth-order valence-corrected chi connectivity index (χ4v) is 6.86. The van der Waals surface area contributed by atoms with Gasteiger partial charge in [-0.05, 0) is 12.1 Å². The van der Waals surface area contributed by atoms with Crippen molar-refractivity contribution in [3.8, 4) is 22.6 Å². The molecular weight excluding hydrogens is 432 g/mol. The Labute approximate surface area is 199 Å². The molecule has 4 aliphatic heterocycles. The molecule has 2 spiro atoms. The zero-order valence-electron chi connectivity index (χ0n) is 19.6. The van der Waals surface area contributed by atoms with Crippen LogP contribution in [0.4, 0.5) is 11.4 Å². The first-order valence-corrected chi connectivity index (χ1v) is 12.8. The van der Waals surface area contributed by atoms with Crippen LogP contribution in [0, 0.1) is 0 Å². The molecular formula is C27H32N2O5+2. The van der Waals surface area contributed by atoms with Crippen LogP contribution < -0.4 is 18.4 Å². The lowest BCUT2D eigenvalue weighted by molar-refractivity contribution is 0.0386. The number of rotatable bonds is 0. The number of benzene rings is 2. The van der Waals surface area contributed by atoms with Crippen molar-refractivity contribution < 1.29 is 23.7 Å². The third-order valence-electron chi connectivity index (χ3n) is 8.63. The summed E-state index contributed by atoms with van der Waals surface area (Å²) in [5.74, 6) is 1.53. The Morgan fingerprint density at radius 2 is 1.24 bits per heavy atom. The fraction of sp³-hybridized carbons (Fsp3) is 0.519. The Bertz CT molecular complexity index is 1160. The van der Waals surface area contributed by atoms with Crippen LogP contribution >= 0.6 is 0 Å². The summed E-state index contributed by atoms with van der Waals surface area (Å²) in [6, 6.07) is 8.57. The monoisotopic (exact) mass is 464 g/mol. The lowest BCUT2D eigenvalue weighted by Crippen LogP contribution is -2.57. The highest BCUT2D eigenvalue weighted by molar-refractivity contribution is 6.25. The van der Waals surface area contributed by atoms with Gasteiger partial charge in [-0.15, -0.1) is 0 Å². The minimum atomic E-state index is 0.0688. The van der Waals surface area contributed by atoms with Crippen LogP contribution in [0.25, 0.3) is 11.1 Å². The molecule has 0 unspecified atom stereocenters. The number of quaternary nitrogens is 2. The highest BCUT2D eigenvalue weighted by atomic mass is 16.5. The molecule has 4 bridgehead atoms. The average molecular weight is 465 g/mol. The van der Waals surface area contributed by atoms with E-state index < -0.39 is 0 Å². The molecule has 5 aliphatic rings. The molecule has 0 amide bonds. The van der Waals surface area contributed by atoms with Crippen molar-refractivity contribution in [1.82, 2.24) is 8.97 Å². The van der Waals surface area contributed by atoms with Gasteiger partial charge in [0.05, 0.1) is 63.9 Å². The van der Waals surface area contributed by atoms with Gasteiger partial charge in [-0.25, -0.2) is 0 Å². The first-order valence-electron chi connectivity index (χ1n) is 12.8. The molecule has 34 heavy (non-hydrogen) atoms. The predicted octanol–water partition coefficient (Wildman–Crippen LogP) is 3.14. The van der Waals surface area contributed by atoms with Gasteiger partial charge in [-0.2, -0.15) is 0 Å². The number of hydrogen-bond donors (Lipinski definition) is 0. The van der Waals surface area contributed by atoms with E-state index in [0.717, 1.165) is 110 Å². The van der Waals surface area contributed by atoms with Crippen molar-refractivity contribution in [2.45, 2.75) is 12.8 Å². The van der Waals surface area contributed by atoms with E-state index in [0.29, 0.717) is 24.5 Å². The maximum atomic E-state index is 13.9. The van der Waals surface area contributed by atoms with Gasteiger partial charge >= 0.3 is 0 Å². The SMILES string of the molecule is O=C1c2cccc3c2-c2cc4c(c(c21)OCCC[N+]31CCOCC1)OCCC[N+]41CCOCC1. The normalized spacial score (nSPS) is 24.2. The Hall–Kier alpha value is -2.45. The van der Waals surface area contributed by atoms with E-state index >= 15 is 0 Å². The summed E-state index contributed by atoms with van der Waals surface area (Å²) in [6.45, 7) is 9.91. The fourth-order valence-electron chi connectivity index (χ4n) is 6.86. The number of carbonyl (C=O) groups is 1. The smallest absolute Gasteiger partial charge is 0.223 e. The Balaban J connectivity index is 1.53. The summed E-state index contributed by atoms with van der Waals surface area (Å²) in [6.07, 6.45) is 1.90. The largest absolute Gasteiger partial charge is 0.488 e. The first kappa shape index (κ1) is 20.9. The first-order chi connectivity index (χ1) is 16.7. The molecule has 178 valence electrons. The lowest BCUT2D eigenvalue weighted by atomic mass is 9.97. The van der Waals surface area contributed by atoms with Crippen molar-refractivity contribution in [1.29, 1.82) is 0 Å². The second-order valence-electron chi connectivity index (χ2n) is 10.3. The zero-order valence-corrected chi connectivity index (χ0v) is 19.6. The standard InChI is InChI=1S/C27H32N2O5/c30-25-19-4-1-5-21-23(19)20-18-22-26(33-12-3-7-29(22)10-16-32-17-11-29)27(24(20)25)34-13-2-6-28(21)8-14-31-15-9-28/h1,4-5,18H,2-3,6-17H2/q+2. The van der Waals surface area contributed by atoms with Crippen molar-refractivity contribution in [3.63, 3.8) is 0 Å². The molecule has 0 atom stereocenters. The van der Waals surface area contributed by atoms with Crippen LogP contribution in [-0.4, -0.2) is 84.7 Å². The van der Waals surface area contributed by atoms with Crippen LogP contribution in [0.1, 0.15) is 28.8 Å². The molecule has 7 nitrogen and oxygen atoms in total. The van der Waals surface area contributed by atoms with E-state index in [1.807, 2.05) is 6.07 Å². The third kappa shape index (κ3) is 2.87. The highest BCUT2D eigenvalue weighted by Gasteiger charge is 2.47.